The summed E-state index contributed by atoms with van der Waals surface area (Å²) >= 11 is 12.5. The van der Waals surface area contributed by atoms with Crippen molar-refractivity contribution in [3.63, 3.8) is 0 Å². The van der Waals surface area contributed by atoms with Gasteiger partial charge in [-0.25, -0.2) is 4.79 Å². The summed E-state index contributed by atoms with van der Waals surface area (Å²) in [4.78, 5) is 29.8. The molecule has 0 aliphatic carbocycles. The first-order chi connectivity index (χ1) is 12.9. The zero-order valence-corrected chi connectivity index (χ0v) is 16.4. The summed E-state index contributed by atoms with van der Waals surface area (Å²) in [6, 6.07) is 12.3. The Morgan fingerprint density at radius 3 is 2.52 bits per heavy atom. The predicted octanol–water partition coefficient (Wildman–Crippen LogP) is 4.97. The fraction of sp³-hybridized carbons (Fsp3) is 0.200. The quantitative estimate of drug-likeness (QED) is 0.465. The number of rotatable bonds is 6. The molecule has 140 valence electrons. The molecule has 2 aromatic carbocycles. The number of H-pyrrole nitrogens is 1. The number of nitrogens with one attached hydrogen (secondary N) is 1. The van der Waals surface area contributed by atoms with Crippen molar-refractivity contribution in [2.75, 3.05) is 25.1 Å². The number of hydrogen-bond acceptors (Lipinski definition) is 4. The molecule has 0 spiro atoms. The maximum absolute atomic E-state index is 12.6. The average molecular weight is 405 g/mol. The SMILES string of the molecule is CCOC(=O)c1[nH]c2cc(Cl)cc(Cl)c2c1N(C)CC(=O)c1ccccc1. The lowest BCUT2D eigenvalue weighted by molar-refractivity contribution is 0.0521. The Hall–Kier alpha value is -2.50. The summed E-state index contributed by atoms with van der Waals surface area (Å²) in [6.07, 6.45) is 0. The van der Waals surface area contributed by atoms with Gasteiger partial charge in [0.15, 0.2) is 5.78 Å². The number of carbonyl (C=O) groups excluding carboxylic acids is 2. The average Bonchev–Trinajstić information content (AvgIpc) is 3.02. The van der Waals surface area contributed by atoms with Gasteiger partial charge in [0.05, 0.1) is 29.4 Å². The van der Waals surface area contributed by atoms with E-state index in [0.717, 1.165) is 0 Å². The lowest BCUT2D eigenvalue weighted by Gasteiger charge is -2.19. The number of anilines is 1. The smallest absolute Gasteiger partial charge is 0.356 e. The third-order valence-corrected chi connectivity index (χ3v) is 4.64. The molecule has 0 saturated carbocycles. The monoisotopic (exact) mass is 404 g/mol. The number of Topliss-reactive ketones (excluding diaryl/α,β-unsaturated/α-hetero) is 1. The predicted molar refractivity (Wildman–Crippen MR) is 108 cm³/mol. The van der Waals surface area contributed by atoms with Gasteiger partial charge in [-0.3, -0.25) is 4.79 Å². The molecule has 1 heterocycles. The number of likely N-dealkylation sites (N-methyl/N-ethyl adjacent to an activating group) is 1. The van der Waals surface area contributed by atoms with Gasteiger partial charge in [0.25, 0.3) is 0 Å². The molecule has 0 amide bonds. The van der Waals surface area contributed by atoms with Gasteiger partial charge in [-0.15, -0.1) is 0 Å². The van der Waals surface area contributed by atoms with Crippen LogP contribution in [0.5, 0.6) is 0 Å². The van der Waals surface area contributed by atoms with E-state index >= 15 is 0 Å². The lowest BCUT2D eigenvalue weighted by Crippen LogP contribution is -2.27. The zero-order chi connectivity index (χ0) is 19.6. The molecule has 3 aromatic rings. The van der Waals surface area contributed by atoms with Crippen molar-refractivity contribution in [2.24, 2.45) is 0 Å². The van der Waals surface area contributed by atoms with Crippen LogP contribution >= 0.6 is 23.2 Å². The Morgan fingerprint density at radius 2 is 1.85 bits per heavy atom. The minimum atomic E-state index is -0.519. The molecule has 0 radical (unpaired) electrons. The summed E-state index contributed by atoms with van der Waals surface area (Å²) in [5.74, 6) is -0.595. The van der Waals surface area contributed by atoms with Crippen LogP contribution in [0.3, 0.4) is 0 Å². The van der Waals surface area contributed by atoms with Crippen molar-refractivity contribution >= 4 is 51.5 Å². The van der Waals surface area contributed by atoms with Gasteiger partial charge in [-0.2, -0.15) is 0 Å². The van der Waals surface area contributed by atoms with Crippen molar-refractivity contribution in [3.05, 3.63) is 63.8 Å². The molecule has 0 saturated heterocycles. The Bertz CT molecular complexity index is 999. The third kappa shape index (κ3) is 3.94. The fourth-order valence-corrected chi connectivity index (χ4v) is 3.56. The van der Waals surface area contributed by atoms with Crippen LogP contribution in [-0.4, -0.2) is 36.9 Å². The van der Waals surface area contributed by atoms with Crippen LogP contribution in [0, 0.1) is 0 Å². The molecule has 0 fully saturated rings. The summed E-state index contributed by atoms with van der Waals surface area (Å²) in [5, 5.41) is 1.45. The van der Waals surface area contributed by atoms with E-state index in [-0.39, 0.29) is 24.6 Å². The van der Waals surface area contributed by atoms with E-state index in [1.807, 2.05) is 18.2 Å². The molecule has 1 N–H and O–H groups in total. The van der Waals surface area contributed by atoms with Crippen molar-refractivity contribution in [2.45, 2.75) is 6.92 Å². The number of halogens is 2. The zero-order valence-electron chi connectivity index (χ0n) is 14.9. The second-order valence-electron chi connectivity index (χ2n) is 6.02. The Kier molecular flexibility index (Phi) is 5.73. The van der Waals surface area contributed by atoms with Gasteiger partial charge >= 0.3 is 5.97 Å². The van der Waals surface area contributed by atoms with Crippen LogP contribution in [0.4, 0.5) is 5.69 Å². The summed E-state index contributed by atoms with van der Waals surface area (Å²) in [7, 11) is 1.73. The minimum Gasteiger partial charge on any atom is -0.461 e. The Labute approximate surface area is 166 Å². The number of esters is 1. The van der Waals surface area contributed by atoms with E-state index in [1.165, 1.54) is 0 Å². The third-order valence-electron chi connectivity index (χ3n) is 4.13. The summed E-state index contributed by atoms with van der Waals surface area (Å²) < 4.78 is 5.15. The van der Waals surface area contributed by atoms with Gasteiger partial charge in [0.1, 0.15) is 5.69 Å². The number of benzene rings is 2. The van der Waals surface area contributed by atoms with Crippen LogP contribution in [0.25, 0.3) is 10.9 Å². The molecule has 0 aliphatic rings. The minimum absolute atomic E-state index is 0.0718. The van der Waals surface area contributed by atoms with Crippen molar-refractivity contribution < 1.29 is 14.3 Å². The number of ketones is 1. The number of nitrogens with zero attached hydrogens (tertiary/aromatic N) is 1. The van der Waals surface area contributed by atoms with Gasteiger partial charge in [0, 0.05) is 23.0 Å². The number of carbonyl (C=O) groups is 2. The van der Waals surface area contributed by atoms with Crippen molar-refractivity contribution in [3.8, 4) is 0 Å². The van der Waals surface area contributed by atoms with Crippen LogP contribution in [0.15, 0.2) is 42.5 Å². The van der Waals surface area contributed by atoms with E-state index in [9.17, 15) is 9.59 Å². The van der Waals surface area contributed by atoms with Gasteiger partial charge in [-0.1, -0.05) is 53.5 Å². The molecule has 1 aromatic heterocycles. The first kappa shape index (κ1) is 19.3. The number of aromatic nitrogens is 1. The van der Waals surface area contributed by atoms with Crippen molar-refractivity contribution in [1.82, 2.24) is 4.98 Å². The maximum atomic E-state index is 12.6. The van der Waals surface area contributed by atoms with Gasteiger partial charge in [-0.05, 0) is 19.1 Å². The van der Waals surface area contributed by atoms with Crippen molar-refractivity contribution in [1.29, 1.82) is 0 Å². The number of hydrogen-bond donors (Lipinski definition) is 1. The highest BCUT2D eigenvalue weighted by molar-refractivity contribution is 6.40. The Morgan fingerprint density at radius 1 is 1.15 bits per heavy atom. The van der Waals surface area contributed by atoms with E-state index in [2.05, 4.69) is 4.98 Å². The molecular formula is C20H18Cl2N2O3. The maximum Gasteiger partial charge on any atom is 0.356 e. The Balaban J connectivity index is 2.06. The van der Waals surface area contributed by atoms with Crippen LogP contribution < -0.4 is 4.90 Å². The highest BCUT2D eigenvalue weighted by atomic mass is 35.5. The molecule has 0 bridgehead atoms. The lowest BCUT2D eigenvalue weighted by atomic mass is 10.1. The van der Waals surface area contributed by atoms with Crippen LogP contribution in [0.1, 0.15) is 27.8 Å². The van der Waals surface area contributed by atoms with Gasteiger partial charge in [0.2, 0.25) is 0 Å². The molecule has 3 rings (SSSR count). The molecule has 0 atom stereocenters. The largest absolute Gasteiger partial charge is 0.461 e. The summed E-state index contributed by atoms with van der Waals surface area (Å²) in [5.41, 5.74) is 1.94. The van der Waals surface area contributed by atoms with Crippen LogP contribution in [-0.2, 0) is 4.74 Å². The van der Waals surface area contributed by atoms with Gasteiger partial charge < -0.3 is 14.6 Å². The highest BCUT2D eigenvalue weighted by Gasteiger charge is 2.25. The number of aromatic amines is 1. The topological polar surface area (TPSA) is 62.4 Å². The van der Waals surface area contributed by atoms with E-state index in [0.29, 0.717) is 32.2 Å². The fourth-order valence-electron chi connectivity index (χ4n) is 2.97. The second kappa shape index (κ2) is 8.03. The number of ether oxygens (including phenoxy) is 1. The standard InChI is InChI=1S/C20H18Cl2N2O3/c1-3-27-20(26)18-19(17-14(22)9-13(21)10-15(17)23-18)24(2)11-16(25)12-7-5-4-6-8-12/h4-10,23H,3,11H2,1-2H3. The molecule has 27 heavy (non-hydrogen) atoms. The summed E-state index contributed by atoms with van der Waals surface area (Å²) in [6.45, 7) is 2.03. The normalized spacial score (nSPS) is 10.8. The van der Waals surface area contributed by atoms with E-state index < -0.39 is 5.97 Å². The van der Waals surface area contributed by atoms with E-state index in [1.54, 1.807) is 43.1 Å². The first-order valence-electron chi connectivity index (χ1n) is 8.39. The highest BCUT2D eigenvalue weighted by Crippen LogP contribution is 2.38. The first-order valence-corrected chi connectivity index (χ1v) is 9.15. The van der Waals surface area contributed by atoms with Crippen LogP contribution in [0.2, 0.25) is 10.0 Å². The molecule has 0 aliphatic heterocycles. The molecule has 0 unspecified atom stereocenters. The molecular weight excluding hydrogens is 387 g/mol. The second-order valence-corrected chi connectivity index (χ2v) is 6.87. The molecule has 5 nitrogen and oxygen atoms in total. The van der Waals surface area contributed by atoms with E-state index in [4.69, 9.17) is 27.9 Å². The molecule has 7 heteroatoms. The number of fused-ring (bicyclic) bond motifs is 1.